The maximum absolute atomic E-state index is 11.0. The molecule has 3 heteroatoms. The van der Waals surface area contributed by atoms with Crippen LogP contribution in [0.3, 0.4) is 0 Å². The van der Waals surface area contributed by atoms with E-state index in [0.29, 0.717) is 12.1 Å². The molecule has 0 spiro atoms. The third-order valence-electron chi connectivity index (χ3n) is 1.71. The van der Waals surface area contributed by atoms with E-state index in [0.717, 1.165) is 18.6 Å². The predicted molar refractivity (Wildman–Crippen MR) is 33.8 cm³/mol. The second-order valence-corrected chi connectivity index (χ2v) is 2.40. The lowest BCUT2D eigenvalue weighted by Gasteiger charge is -2.04. The van der Waals surface area contributed by atoms with Crippen molar-refractivity contribution in [3.63, 3.8) is 0 Å². The molecule has 2 rings (SSSR count). The number of carbonyl (C=O) groups is 1. The van der Waals surface area contributed by atoms with Gasteiger partial charge in [-0.1, -0.05) is 0 Å². The van der Waals surface area contributed by atoms with E-state index in [1.54, 1.807) is 0 Å². The smallest absolute Gasteiger partial charge is 0.184 e. The Kier molecular flexibility index (Phi) is 1.09. The SMILES string of the molecule is O=C1CCCc2ocnc21. The van der Waals surface area contributed by atoms with Gasteiger partial charge in [-0.15, -0.1) is 0 Å². The summed E-state index contributed by atoms with van der Waals surface area (Å²) < 4.78 is 4.99. The Labute approximate surface area is 58.1 Å². The molecule has 1 aliphatic rings. The van der Waals surface area contributed by atoms with Crippen LogP contribution in [0.1, 0.15) is 29.1 Å². The first-order chi connectivity index (χ1) is 4.88. The van der Waals surface area contributed by atoms with Crippen LogP contribution < -0.4 is 0 Å². The molecule has 0 saturated heterocycles. The molecule has 10 heavy (non-hydrogen) atoms. The van der Waals surface area contributed by atoms with Crippen LogP contribution in [-0.2, 0) is 6.42 Å². The molecule has 0 amide bonds. The van der Waals surface area contributed by atoms with E-state index in [-0.39, 0.29) is 5.78 Å². The number of ketones is 1. The molecule has 52 valence electrons. The highest BCUT2D eigenvalue weighted by Gasteiger charge is 2.20. The van der Waals surface area contributed by atoms with Gasteiger partial charge in [0.05, 0.1) is 0 Å². The van der Waals surface area contributed by atoms with Gasteiger partial charge in [-0.05, 0) is 6.42 Å². The fraction of sp³-hybridized carbons (Fsp3) is 0.429. The van der Waals surface area contributed by atoms with Crippen molar-refractivity contribution in [3.8, 4) is 0 Å². The first-order valence-electron chi connectivity index (χ1n) is 3.33. The third kappa shape index (κ3) is 0.667. The van der Waals surface area contributed by atoms with Crippen LogP contribution in [0.15, 0.2) is 10.8 Å². The topological polar surface area (TPSA) is 43.1 Å². The molecule has 0 saturated carbocycles. The van der Waals surface area contributed by atoms with Crippen LogP contribution in [0.25, 0.3) is 0 Å². The van der Waals surface area contributed by atoms with Crippen LogP contribution in [0.2, 0.25) is 0 Å². The number of rotatable bonds is 0. The average Bonchev–Trinajstić information content (AvgIpc) is 2.36. The Bertz CT molecular complexity index is 264. The summed E-state index contributed by atoms with van der Waals surface area (Å²) in [5.74, 6) is 0.881. The molecule has 0 aromatic carbocycles. The average molecular weight is 137 g/mol. The Morgan fingerprint density at radius 3 is 3.20 bits per heavy atom. The van der Waals surface area contributed by atoms with Gasteiger partial charge in [0.2, 0.25) is 0 Å². The van der Waals surface area contributed by atoms with Crippen LogP contribution in [0.4, 0.5) is 0 Å². The van der Waals surface area contributed by atoms with Gasteiger partial charge in [-0.25, -0.2) is 4.98 Å². The zero-order valence-electron chi connectivity index (χ0n) is 5.46. The summed E-state index contributed by atoms with van der Waals surface area (Å²) in [6.07, 6.45) is 3.73. The number of hydrogen-bond acceptors (Lipinski definition) is 3. The maximum Gasteiger partial charge on any atom is 0.184 e. The summed E-state index contributed by atoms with van der Waals surface area (Å²) in [5.41, 5.74) is 0.547. The van der Waals surface area contributed by atoms with Gasteiger partial charge in [0, 0.05) is 12.8 Å². The van der Waals surface area contributed by atoms with Crippen LogP contribution in [0, 0.1) is 0 Å². The molecule has 3 nitrogen and oxygen atoms in total. The first-order valence-corrected chi connectivity index (χ1v) is 3.33. The molecule has 0 atom stereocenters. The Hall–Kier alpha value is -1.12. The van der Waals surface area contributed by atoms with Crippen LogP contribution in [-0.4, -0.2) is 10.8 Å². The minimum atomic E-state index is 0.120. The largest absolute Gasteiger partial charge is 0.448 e. The lowest BCUT2D eigenvalue weighted by molar-refractivity contribution is 0.0965. The van der Waals surface area contributed by atoms with Gasteiger partial charge < -0.3 is 4.42 Å². The van der Waals surface area contributed by atoms with E-state index < -0.39 is 0 Å². The Morgan fingerprint density at radius 1 is 1.50 bits per heavy atom. The second-order valence-electron chi connectivity index (χ2n) is 2.40. The molecular formula is C7H7NO2. The van der Waals surface area contributed by atoms with E-state index >= 15 is 0 Å². The number of oxazole rings is 1. The van der Waals surface area contributed by atoms with E-state index in [1.165, 1.54) is 6.39 Å². The van der Waals surface area contributed by atoms with Gasteiger partial charge in [0.1, 0.15) is 11.5 Å². The first kappa shape index (κ1) is 5.65. The number of aryl methyl sites for hydroxylation is 1. The van der Waals surface area contributed by atoms with Gasteiger partial charge in [-0.3, -0.25) is 4.79 Å². The highest BCUT2D eigenvalue weighted by Crippen LogP contribution is 2.18. The predicted octanol–water partition coefficient (Wildman–Crippen LogP) is 1.19. The zero-order chi connectivity index (χ0) is 6.97. The van der Waals surface area contributed by atoms with Crippen molar-refractivity contribution in [2.24, 2.45) is 0 Å². The minimum Gasteiger partial charge on any atom is -0.448 e. The molecule has 0 bridgehead atoms. The number of hydrogen-bond donors (Lipinski definition) is 0. The molecule has 0 radical (unpaired) electrons. The van der Waals surface area contributed by atoms with Crippen molar-refractivity contribution in [3.05, 3.63) is 17.8 Å². The number of Topliss-reactive ketones (excluding diaryl/α,β-unsaturated/α-hetero) is 1. The van der Waals surface area contributed by atoms with E-state index in [9.17, 15) is 4.79 Å². The summed E-state index contributed by atoms with van der Waals surface area (Å²) in [4.78, 5) is 14.8. The normalized spacial score (nSPS) is 17.0. The summed E-state index contributed by atoms with van der Waals surface area (Å²) in [5, 5.41) is 0. The standard InChI is InChI=1S/C7H7NO2/c9-5-2-1-3-6-7(5)8-4-10-6/h4H,1-3H2. The Balaban J connectivity index is 2.50. The lowest BCUT2D eigenvalue weighted by atomic mass is 10.0. The molecule has 1 aromatic rings. The highest BCUT2D eigenvalue weighted by atomic mass is 16.3. The summed E-state index contributed by atoms with van der Waals surface area (Å²) in [6.45, 7) is 0. The minimum absolute atomic E-state index is 0.120. The van der Waals surface area contributed by atoms with Crippen molar-refractivity contribution in [1.82, 2.24) is 4.98 Å². The van der Waals surface area contributed by atoms with Gasteiger partial charge in [-0.2, -0.15) is 0 Å². The molecule has 1 aliphatic carbocycles. The van der Waals surface area contributed by atoms with Crippen molar-refractivity contribution in [2.75, 3.05) is 0 Å². The van der Waals surface area contributed by atoms with Crippen molar-refractivity contribution < 1.29 is 9.21 Å². The second kappa shape index (κ2) is 1.94. The number of aromatic nitrogens is 1. The molecule has 1 aromatic heterocycles. The number of nitrogens with zero attached hydrogens (tertiary/aromatic N) is 1. The van der Waals surface area contributed by atoms with E-state index in [1.807, 2.05) is 0 Å². The third-order valence-corrected chi connectivity index (χ3v) is 1.71. The van der Waals surface area contributed by atoms with Crippen LogP contribution in [0.5, 0.6) is 0 Å². The fourth-order valence-corrected chi connectivity index (χ4v) is 1.20. The molecule has 0 N–H and O–H groups in total. The monoisotopic (exact) mass is 137 g/mol. The zero-order valence-corrected chi connectivity index (χ0v) is 5.46. The fourth-order valence-electron chi connectivity index (χ4n) is 1.20. The molecule has 0 aliphatic heterocycles. The van der Waals surface area contributed by atoms with E-state index in [4.69, 9.17) is 4.42 Å². The van der Waals surface area contributed by atoms with E-state index in [2.05, 4.69) is 4.98 Å². The molecule has 0 fully saturated rings. The lowest BCUT2D eigenvalue weighted by Crippen LogP contribution is -2.09. The quantitative estimate of drug-likeness (QED) is 0.539. The summed E-state index contributed by atoms with van der Waals surface area (Å²) >= 11 is 0. The van der Waals surface area contributed by atoms with Gasteiger partial charge in [0.15, 0.2) is 12.2 Å². The number of fused-ring (bicyclic) bond motifs is 1. The van der Waals surface area contributed by atoms with Gasteiger partial charge in [0.25, 0.3) is 0 Å². The van der Waals surface area contributed by atoms with Crippen molar-refractivity contribution >= 4 is 5.78 Å². The molecular weight excluding hydrogens is 130 g/mol. The summed E-state index contributed by atoms with van der Waals surface area (Å²) in [7, 11) is 0. The summed E-state index contributed by atoms with van der Waals surface area (Å²) in [6, 6.07) is 0. The highest BCUT2D eigenvalue weighted by molar-refractivity contribution is 5.95. The van der Waals surface area contributed by atoms with Crippen LogP contribution >= 0.6 is 0 Å². The molecule has 1 heterocycles. The van der Waals surface area contributed by atoms with Crippen molar-refractivity contribution in [1.29, 1.82) is 0 Å². The van der Waals surface area contributed by atoms with Gasteiger partial charge >= 0.3 is 0 Å². The Morgan fingerprint density at radius 2 is 2.40 bits per heavy atom. The number of carbonyl (C=O) groups excluding carboxylic acids is 1. The van der Waals surface area contributed by atoms with Crippen molar-refractivity contribution in [2.45, 2.75) is 19.3 Å². The maximum atomic E-state index is 11.0. The molecule has 0 unspecified atom stereocenters.